The number of hydrogen-bond acceptors (Lipinski definition) is 4. The summed E-state index contributed by atoms with van der Waals surface area (Å²) >= 11 is 0. The van der Waals surface area contributed by atoms with Crippen LogP contribution in [0.5, 0.6) is 0 Å². The average Bonchev–Trinajstić information content (AvgIpc) is 2.83. The highest BCUT2D eigenvalue weighted by Gasteiger charge is 2.28. The molecular weight excluding hydrogens is 242 g/mol. The molecule has 0 unspecified atom stereocenters. The largest absolute Gasteiger partial charge is 0.314 e. The number of piperazine rings is 1. The van der Waals surface area contributed by atoms with Crippen molar-refractivity contribution in [1.82, 2.24) is 24.1 Å². The van der Waals surface area contributed by atoms with Crippen LogP contribution >= 0.6 is 0 Å². The van der Waals surface area contributed by atoms with Gasteiger partial charge in [-0.15, -0.1) is 0 Å². The zero-order chi connectivity index (χ0) is 12.3. The predicted octanol–water partition coefficient (Wildman–Crippen LogP) is -1.01. The third-order valence-electron chi connectivity index (χ3n) is 2.76. The van der Waals surface area contributed by atoms with Gasteiger partial charge in [0.05, 0.1) is 6.20 Å². The molecule has 0 spiro atoms. The Labute approximate surface area is 101 Å². The van der Waals surface area contributed by atoms with Gasteiger partial charge in [0.1, 0.15) is 0 Å². The fourth-order valence-corrected chi connectivity index (χ4v) is 3.13. The molecule has 1 aromatic heterocycles. The highest BCUT2D eigenvalue weighted by atomic mass is 32.2. The van der Waals surface area contributed by atoms with Crippen molar-refractivity contribution in [2.24, 2.45) is 0 Å². The molecule has 0 amide bonds. The first-order chi connectivity index (χ1) is 8.10. The number of aromatic nitrogens is 2. The lowest BCUT2D eigenvalue weighted by Gasteiger charge is -2.30. The smallest absolute Gasteiger partial charge is 0.282 e. The summed E-state index contributed by atoms with van der Waals surface area (Å²) in [4.78, 5) is 0. The summed E-state index contributed by atoms with van der Waals surface area (Å²) in [5.41, 5.74) is 0.853. The fourth-order valence-electron chi connectivity index (χ4n) is 1.77. The molecule has 96 valence electrons. The van der Waals surface area contributed by atoms with Gasteiger partial charge < -0.3 is 5.32 Å². The second kappa shape index (κ2) is 5.13. The van der Waals surface area contributed by atoms with Crippen LogP contribution in [0.15, 0.2) is 12.4 Å². The molecule has 8 heteroatoms. The van der Waals surface area contributed by atoms with E-state index in [1.807, 2.05) is 0 Å². The van der Waals surface area contributed by atoms with Gasteiger partial charge in [0.25, 0.3) is 10.2 Å². The van der Waals surface area contributed by atoms with Crippen molar-refractivity contribution in [2.75, 3.05) is 33.2 Å². The van der Waals surface area contributed by atoms with Crippen LogP contribution in [0.3, 0.4) is 0 Å². The van der Waals surface area contributed by atoms with E-state index < -0.39 is 10.2 Å². The molecule has 1 aliphatic rings. The summed E-state index contributed by atoms with van der Waals surface area (Å²) in [6.45, 7) is 2.80. The van der Waals surface area contributed by atoms with E-state index in [-0.39, 0.29) is 0 Å². The second-order valence-electron chi connectivity index (χ2n) is 4.02. The van der Waals surface area contributed by atoms with Crippen LogP contribution in [0.1, 0.15) is 5.56 Å². The quantitative estimate of drug-likeness (QED) is 0.726. The second-order valence-corrected chi connectivity index (χ2v) is 6.05. The minimum Gasteiger partial charge on any atom is -0.314 e. The normalized spacial score (nSPS) is 18.7. The molecule has 1 aliphatic heterocycles. The van der Waals surface area contributed by atoms with Gasteiger partial charge in [-0.1, -0.05) is 0 Å². The number of hydrogen-bond donors (Lipinski definition) is 2. The van der Waals surface area contributed by atoms with E-state index >= 15 is 0 Å². The monoisotopic (exact) mass is 259 g/mol. The highest BCUT2D eigenvalue weighted by Crippen LogP contribution is 2.10. The Morgan fingerprint density at radius 1 is 1.47 bits per heavy atom. The molecule has 2 heterocycles. The van der Waals surface area contributed by atoms with Gasteiger partial charge in [0.15, 0.2) is 0 Å². The molecule has 17 heavy (non-hydrogen) atoms. The third kappa shape index (κ3) is 2.83. The number of H-pyrrole nitrogens is 1. The molecule has 1 aromatic rings. The molecule has 1 saturated heterocycles. The molecule has 0 bridgehead atoms. The molecule has 0 saturated carbocycles. The molecule has 0 aliphatic carbocycles. The van der Waals surface area contributed by atoms with Gasteiger partial charge in [-0.25, -0.2) is 0 Å². The Bertz CT molecular complexity index is 438. The summed E-state index contributed by atoms with van der Waals surface area (Å²) in [6, 6.07) is 0. The Hall–Kier alpha value is -0.960. The fraction of sp³-hybridized carbons (Fsp3) is 0.667. The van der Waals surface area contributed by atoms with E-state index in [1.165, 1.54) is 8.61 Å². The molecular formula is C9H17N5O2S. The van der Waals surface area contributed by atoms with Crippen molar-refractivity contribution in [3.05, 3.63) is 18.0 Å². The molecule has 2 N–H and O–H groups in total. The van der Waals surface area contributed by atoms with Crippen LogP contribution in [0.4, 0.5) is 0 Å². The zero-order valence-corrected chi connectivity index (χ0v) is 10.6. The summed E-state index contributed by atoms with van der Waals surface area (Å²) < 4.78 is 27.3. The van der Waals surface area contributed by atoms with E-state index in [9.17, 15) is 8.42 Å². The number of nitrogens with one attached hydrogen (secondary N) is 2. The van der Waals surface area contributed by atoms with E-state index in [0.717, 1.165) is 5.56 Å². The lowest BCUT2D eigenvalue weighted by Crippen LogP contribution is -2.50. The van der Waals surface area contributed by atoms with Gasteiger partial charge in [-0.2, -0.15) is 22.1 Å². The summed E-state index contributed by atoms with van der Waals surface area (Å²) in [5.74, 6) is 0. The highest BCUT2D eigenvalue weighted by molar-refractivity contribution is 7.86. The van der Waals surface area contributed by atoms with Crippen LogP contribution in [0.25, 0.3) is 0 Å². The maximum absolute atomic E-state index is 12.2. The van der Waals surface area contributed by atoms with Crippen molar-refractivity contribution in [3.8, 4) is 0 Å². The van der Waals surface area contributed by atoms with Crippen LogP contribution in [0.2, 0.25) is 0 Å². The Balaban J connectivity index is 2.03. The Morgan fingerprint density at radius 3 is 2.76 bits per heavy atom. The Kier molecular flexibility index (Phi) is 3.77. The van der Waals surface area contributed by atoms with Crippen molar-refractivity contribution in [3.63, 3.8) is 0 Å². The number of nitrogens with zero attached hydrogens (tertiary/aromatic N) is 3. The van der Waals surface area contributed by atoms with Crippen LogP contribution < -0.4 is 5.32 Å². The Morgan fingerprint density at radius 2 is 2.18 bits per heavy atom. The first-order valence-electron chi connectivity index (χ1n) is 5.50. The van der Waals surface area contributed by atoms with Crippen LogP contribution in [0, 0.1) is 0 Å². The van der Waals surface area contributed by atoms with Crippen molar-refractivity contribution in [2.45, 2.75) is 6.54 Å². The van der Waals surface area contributed by atoms with Crippen molar-refractivity contribution in [1.29, 1.82) is 0 Å². The molecule has 0 aromatic carbocycles. The lowest BCUT2D eigenvalue weighted by atomic mass is 10.4. The topological polar surface area (TPSA) is 81.3 Å². The van der Waals surface area contributed by atoms with Gasteiger partial charge >= 0.3 is 0 Å². The number of aromatic amines is 1. The molecule has 0 atom stereocenters. The van der Waals surface area contributed by atoms with Gasteiger partial charge in [0, 0.05) is 51.5 Å². The standard InChI is InChI=1S/C9H17N5O2S/c1-13(8-9-6-11-12-7-9)17(15,16)14-4-2-10-3-5-14/h6-7,10H,2-5,8H2,1H3,(H,11,12). The third-order valence-corrected chi connectivity index (χ3v) is 4.69. The average molecular weight is 259 g/mol. The summed E-state index contributed by atoms with van der Waals surface area (Å²) in [7, 11) is -1.77. The van der Waals surface area contributed by atoms with E-state index in [4.69, 9.17) is 0 Å². The van der Waals surface area contributed by atoms with Crippen molar-refractivity contribution < 1.29 is 8.42 Å². The van der Waals surface area contributed by atoms with Gasteiger partial charge in [0.2, 0.25) is 0 Å². The van der Waals surface area contributed by atoms with Crippen molar-refractivity contribution >= 4 is 10.2 Å². The van der Waals surface area contributed by atoms with Gasteiger partial charge in [-0.05, 0) is 0 Å². The maximum Gasteiger partial charge on any atom is 0.282 e. The van der Waals surface area contributed by atoms with E-state index in [2.05, 4.69) is 15.5 Å². The van der Waals surface area contributed by atoms with Gasteiger partial charge in [-0.3, -0.25) is 5.10 Å². The lowest BCUT2D eigenvalue weighted by molar-refractivity contribution is 0.324. The summed E-state index contributed by atoms with van der Waals surface area (Å²) in [6.07, 6.45) is 3.33. The first-order valence-corrected chi connectivity index (χ1v) is 6.90. The molecule has 7 nitrogen and oxygen atoms in total. The van der Waals surface area contributed by atoms with Crippen LogP contribution in [-0.4, -0.2) is 60.5 Å². The SMILES string of the molecule is CN(Cc1cn[nH]c1)S(=O)(=O)N1CCNCC1. The zero-order valence-electron chi connectivity index (χ0n) is 9.76. The maximum atomic E-state index is 12.2. The number of rotatable bonds is 4. The predicted molar refractivity (Wildman–Crippen MR) is 63.4 cm³/mol. The van der Waals surface area contributed by atoms with E-state index in [1.54, 1.807) is 19.4 Å². The summed E-state index contributed by atoms with van der Waals surface area (Å²) in [5, 5.41) is 9.60. The molecule has 1 fully saturated rings. The van der Waals surface area contributed by atoms with Crippen LogP contribution in [-0.2, 0) is 16.8 Å². The van der Waals surface area contributed by atoms with E-state index in [0.29, 0.717) is 32.7 Å². The minimum atomic E-state index is -3.35. The molecule has 0 radical (unpaired) electrons. The minimum absolute atomic E-state index is 0.336. The first kappa shape index (κ1) is 12.5. The molecule has 2 rings (SSSR count).